The molecule has 2 aliphatic rings. The number of pyridine rings is 1. The van der Waals surface area contributed by atoms with Gasteiger partial charge in [0.2, 0.25) is 5.91 Å². The summed E-state index contributed by atoms with van der Waals surface area (Å²) in [5, 5.41) is 2.68. The number of hydrogen-bond donors (Lipinski definition) is 1. The maximum Gasteiger partial charge on any atom is 0.389 e. The van der Waals surface area contributed by atoms with Gasteiger partial charge in [0, 0.05) is 54.3 Å². The van der Waals surface area contributed by atoms with E-state index >= 15 is 0 Å². The van der Waals surface area contributed by atoms with E-state index in [-0.39, 0.29) is 17.6 Å². The number of nitrogens with one attached hydrogen (secondary N) is 1. The van der Waals surface area contributed by atoms with Crippen molar-refractivity contribution in [2.45, 2.75) is 58.7 Å². The number of aromatic nitrogens is 1. The number of halogens is 3. The third-order valence-electron chi connectivity index (χ3n) is 5.85. The van der Waals surface area contributed by atoms with Gasteiger partial charge in [0.15, 0.2) is 5.78 Å². The number of ketones is 2. The zero-order valence-corrected chi connectivity index (χ0v) is 17.8. The zero-order valence-electron chi connectivity index (χ0n) is 17.8. The van der Waals surface area contributed by atoms with Gasteiger partial charge >= 0.3 is 6.18 Å². The third kappa shape index (κ3) is 5.14. The van der Waals surface area contributed by atoms with E-state index in [9.17, 15) is 27.6 Å². The van der Waals surface area contributed by atoms with E-state index in [1.807, 2.05) is 18.7 Å². The van der Waals surface area contributed by atoms with Crippen LogP contribution in [0.5, 0.6) is 0 Å². The molecule has 0 aromatic carbocycles. The fourth-order valence-electron chi connectivity index (χ4n) is 3.98. The predicted molar refractivity (Wildman–Crippen MR) is 108 cm³/mol. The van der Waals surface area contributed by atoms with Crippen molar-refractivity contribution in [1.29, 1.82) is 0 Å². The Balaban J connectivity index is 1.77. The Bertz CT molecular complexity index is 924. The number of amides is 1. The first-order valence-electron chi connectivity index (χ1n) is 10.3. The molecular weight excluding hydrogens is 411 g/mol. The van der Waals surface area contributed by atoms with Gasteiger partial charge in [-0.25, -0.2) is 4.98 Å². The molecule has 3 rings (SSSR count). The van der Waals surface area contributed by atoms with E-state index in [1.165, 1.54) is 6.92 Å². The van der Waals surface area contributed by atoms with Gasteiger partial charge in [-0.2, -0.15) is 13.2 Å². The highest BCUT2D eigenvalue weighted by Crippen LogP contribution is 2.45. The van der Waals surface area contributed by atoms with E-state index < -0.39 is 42.7 Å². The van der Waals surface area contributed by atoms with Gasteiger partial charge in [-0.1, -0.05) is 26.8 Å². The van der Waals surface area contributed by atoms with Crippen molar-refractivity contribution in [1.82, 2.24) is 10.3 Å². The lowest BCUT2D eigenvalue weighted by Crippen LogP contribution is -2.37. The minimum Gasteiger partial charge on any atom is -0.341 e. The number of alkyl halides is 3. The molecule has 1 N–H and O–H groups in total. The molecule has 168 valence electrons. The van der Waals surface area contributed by atoms with Gasteiger partial charge < -0.3 is 10.2 Å². The minimum atomic E-state index is -4.42. The SMILES string of the molecule is C[C@H](CC(=O)CCC(F)(F)F)C(=O)NC1C(=O)C=C2N(CCC2(C)C)c2ncccc21. The summed E-state index contributed by atoms with van der Waals surface area (Å²) in [6.07, 6.45) is -2.58. The molecule has 31 heavy (non-hydrogen) atoms. The Morgan fingerprint density at radius 2 is 2.06 bits per heavy atom. The largest absolute Gasteiger partial charge is 0.389 e. The van der Waals surface area contributed by atoms with Crippen molar-refractivity contribution < 1.29 is 27.6 Å². The molecule has 0 aliphatic carbocycles. The van der Waals surface area contributed by atoms with Crippen LogP contribution < -0.4 is 10.2 Å². The standard InChI is InChI=1S/C22H26F3N3O3/c1-13(11-14(29)6-7-22(23,24)25)20(31)27-18-15-5-4-9-26-19(15)28-10-8-21(2,3)17(28)12-16(18)30/h4-5,9,12-13,18H,6-8,10-11H2,1-3H3,(H,27,31)/t13-,18?/m1/s1. The van der Waals surface area contributed by atoms with E-state index in [4.69, 9.17) is 0 Å². The first kappa shape index (κ1) is 23.0. The Hall–Kier alpha value is -2.71. The Morgan fingerprint density at radius 3 is 2.74 bits per heavy atom. The number of carbonyl (C=O) groups is 3. The second-order valence-electron chi connectivity index (χ2n) is 8.83. The smallest absolute Gasteiger partial charge is 0.341 e. The normalized spacial score (nSPS) is 21.0. The van der Waals surface area contributed by atoms with Crippen molar-refractivity contribution in [3.05, 3.63) is 35.7 Å². The summed E-state index contributed by atoms with van der Waals surface area (Å²) in [5.41, 5.74) is 1.17. The van der Waals surface area contributed by atoms with Crippen LogP contribution in [-0.2, 0) is 14.4 Å². The molecule has 1 aromatic rings. The summed E-state index contributed by atoms with van der Waals surface area (Å²) in [6, 6.07) is 2.44. The number of Topliss-reactive ketones (excluding diaryl/α,β-unsaturated/α-hetero) is 1. The maximum atomic E-state index is 13.1. The number of carbonyl (C=O) groups excluding carboxylic acids is 3. The Kier molecular flexibility index (Phi) is 6.25. The molecule has 9 heteroatoms. The molecule has 2 aliphatic heterocycles. The van der Waals surface area contributed by atoms with Gasteiger partial charge in [0.05, 0.1) is 6.42 Å². The molecule has 1 saturated heterocycles. The molecule has 0 bridgehead atoms. The second-order valence-corrected chi connectivity index (χ2v) is 8.83. The molecular formula is C22H26F3N3O3. The highest BCUT2D eigenvalue weighted by molar-refractivity contribution is 6.01. The highest BCUT2D eigenvalue weighted by atomic mass is 19.4. The Labute approximate surface area is 178 Å². The average Bonchev–Trinajstić information content (AvgIpc) is 2.91. The van der Waals surface area contributed by atoms with Crippen molar-refractivity contribution in [3.63, 3.8) is 0 Å². The lowest BCUT2D eigenvalue weighted by atomic mass is 9.88. The summed E-state index contributed by atoms with van der Waals surface area (Å²) < 4.78 is 36.9. The molecule has 0 spiro atoms. The minimum absolute atomic E-state index is 0.221. The summed E-state index contributed by atoms with van der Waals surface area (Å²) in [5.74, 6) is -1.76. The maximum absolute atomic E-state index is 13.1. The first-order chi connectivity index (χ1) is 14.4. The number of allylic oxidation sites excluding steroid dienone is 1. The van der Waals surface area contributed by atoms with Crippen LogP contribution in [0, 0.1) is 11.3 Å². The average molecular weight is 437 g/mol. The van der Waals surface area contributed by atoms with E-state index in [2.05, 4.69) is 10.3 Å². The second kappa shape index (κ2) is 8.43. The highest BCUT2D eigenvalue weighted by Gasteiger charge is 2.41. The molecule has 6 nitrogen and oxygen atoms in total. The molecule has 1 unspecified atom stereocenters. The van der Waals surface area contributed by atoms with Gasteiger partial charge in [-0.05, 0) is 12.5 Å². The van der Waals surface area contributed by atoms with Crippen LogP contribution in [0.2, 0.25) is 0 Å². The molecule has 1 aromatic heterocycles. The van der Waals surface area contributed by atoms with Crippen molar-refractivity contribution in [3.8, 4) is 0 Å². The van der Waals surface area contributed by atoms with Crippen molar-refractivity contribution in [2.75, 3.05) is 11.4 Å². The van der Waals surface area contributed by atoms with E-state index in [1.54, 1.807) is 24.4 Å². The molecule has 1 amide bonds. The topological polar surface area (TPSA) is 79.4 Å². The molecule has 2 atom stereocenters. The lowest BCUT2D eigenvalue weighted by molar-refractivity contribution is -0.144. The summed E-state index contributed by atoms with van der Waals surface area (Å²) in [7, 11) is 0. The quantitative estimate of drug-likeness (QED) is 0.731. The van der Waals surface area contributed by atoms with Crippen molar-refractivity contribution in [2.24, 2.45) is 11.3 Å². The van der Waals surface area contributed by atoms with Crippen LogP contribution in [0.1, 0.15) is 58.1 Å². The van der Waals surface area contributed by atoms with Crippen LogP contribution in [0.3, 0.4) is 0 Å². The fourth-order valence-corrected chi connectivity index (χ4v) is 3.98. The lowest BCUT2D eigenvalue weighted by Gasteiger charge is -2.25. The van der Waals surface area contributed by atoms with Crippen LogP contribution in [0.4, 0.5) is 19.0 Å². The predicted octanol–water partition coefficient (Wildman–Crippen LogP) is 3.88. The number of fused-ring (bicyclic) bond motifs is 3. The molecule has 0 radical (unpaired) electrons. The van der Waals surface area contributed by atoms with E-state index in [0.29, 0.717) is 17.9 Å². The number of nitrogens with zero attached hydrogens (tertiary/aromatic N) is 2. The summed E-state index contributed by atoms with van der Waals surface area (Å²) >= 11 is 0. The van der Waals surface area contributed by atoms with Gasteiger partial charge in [-0.15, -0.1) is 0 Å². The molecule has 0 saturated carbocycles. The zero-order chi connectivity index (χ0) is 23.0. The summed E-state index contributed by atoms with van der Waals surface area (Å²) in [6.45, 7) is 6.25. The number of anilines is 1. The number of rotatable bonds is 6. The third-order valence-corrected chi connectivity index (χ3v) is 5.85. The number of hydrogen-bond acceptors (Lipinski definition) is 5. The summed E-state index contributed by atoms with van der Waals surface area (Å²) in [4.78, 5) is 44.0. The monoisotopic (exact) mass is 437 g/mol. The van der Waals surface area contributed by atoms with E-state index in [0.717, 1.165) is 12.1 Å². The molecule has 1 fully saturated rings. The van der Waals surface area contributed by atoms with Crippen LogP contribution in [0.25, 0.3) is 0 Å². The van der Waals surface area contributed by atoms with Gasteiger partial charge in [-0.3, -0.25) is 14.4 Å². The van der Waals surface area contributed by atoms with Crippen LogP contribution in [-0.4, -0.2) is 35.2 Å². The van der Waals surface area contributed by atoms with Crippen LogP contribution >= 0.6 is 0 Å². The first-order valence-corrected chi connectivity index (χ1v) is 10.3. The van der Waals surface area contributed by atoms with Gasteiger partial charge in [0.25, 0.3) is 0 Å². The Morgan fingerprint density at radius 1 is 1.35 bits per heavy atom. The fraction of sp³-hybridized carbons (Fsp3) is 0.545. The molecule has 3 heterocycles. The van der Waals surface area contributed by atoms with Crippen LogP contribution in [0.15, 0.2) is 30.1 Å². The van der Waals surface area contributed by atoms with Gasteiger partial charge in [0.1, 0.15) is 17.6 Å². The van der Waals surface area contributed by atoms with Crippen molar-refractivity contribution >= 4 is 23.3 Å².